The van der Waals surface area contributed by atoms with Crippen LogP contribution in [0.5, 0.6) is 5.88 Å². The van der Waals surface area contributed by atoms with Crippen LogP contribution < -0.4 is 4.74 Å². The van der Waals surface area contributed by atoms with Crippen molar-refractivity contribution in [2.75, 3.05) is 26.7 Å². The van der Waals surface area contributed by atoms with E-state index in [4.69, 9.17) is 14.2 Å². The van der Waals surface area contributed by atoms with E-state index in [0.717, 1.165) is 30.7 Å². The fraction of sp³-hybridized carbons (Fsp3) is 0.750. The van der Waals surface area contributed by atoms with E-state index >= 15 is 0 Å². The van der Waals surface area contributed by atoms with Gasteiger partial charge in [0.15, 0.2) is 0 Å². The van der Waals surface area contributed by atoms with Crippen LogP contribution in [0.1, 0.15) is 65.5 Å². The summed E-state index contributed by atoms with van der Waals surface area (Å²) in [6.07, 6.45) is 6.57. The number of hydrogen-bond donors (Lipinski definition) is 0. The van der Waals surface area contributed by atoms with Crippen LogP contribution in [0.3, 0.4) is 0 Å². The predicted octanol–water partition coefficient (Wildman–Crippen LogP) is 4.64. The molecule has 2 atom stereocenters. The highest BCUT2D eigenvalue weighted by Gasteiger charge is 2.37. The molecule has 1 aliphatic heterocycles. The van der Waals surface area contributed by atoms with Crippen LogP contribution in [0.25, 0.3) is 5.57 Å². The summed E-state index contributed by atoms with van der Waals surface area (Å²) in [5.41, 5.74) is 1.92. The number of quaternary nitrogens is 1. The van der Waals surface area contributed by atoms with Crippen molar-refractivity contribution in [1.29, 1.82) is 0 Å². The third-order valence-corrected chi connectivity index (χ3v) is 5.55. The minimum Gasteiger partial charge on any atom is -0.475 e. The second-order valence-corrected chi connectivity index (χ2v) is 8.37. The number of unbranched alkanes of at least 4 members (excludes halogenated alkanes) is 3. The van der Waals surface area contributed by atoms with Crippen LogP contribution in [0.2, 0.25) is 0 Å². The molecule has 0 amide bonds. The van der Waals surface area contributed by atoms with Crippen molar-refractivity contribution >= 4 is 23.5 Å². The van der Waals surface area contributed by atoms with Crippen LogP contribution in [0, 0.1) is 0 Å². The topological polar surface area (TPSA) is 70.5 Å². The molecule has 1 unspecified atom stereocenters. The van der Waals surface area contributed by atoms with E-state index in [1.165, 1.54) is 31.0 Å². The number of carbonyl (C=O) groups excluding carboxylic acids is 1. The highest BCUT2D eigenvalue weighted by Crippen LogP contribution is 2.31. The van der Waals surface area contributed by atoms with Crippen LogP contribution in [0.15, 0.2) is 6.08 Å². The number of ether oxygens (including phenoxy) is 3. The lowest BCUT2D eigenvalue weighted by Crippen LogP contribution is -2.55. The fourth-order valence-corrected chi connectivity index (χ4v) is 3.74. The summed E-state index contributed by atoms with van der Waals surface area (Å²) >= 11 is 1.18. The van der Waals surface area contributed by atoms with Gasteiger partial charge in [0.05, 0.1) is 38.0 Å². The molecule has 28 heavy (non-hydrogen) atoms. The predicted molar refractivity (Wildman–Crippen MR) is 110 cm³/mol. The lowest BCUT2D eigenvalue weighted by atomic mass is 10.0. The zero-order valence-electron chi connectivity index (χ0n) is 17.8. The number of hydrogen-bond acceptors (Lipinski definition) is 7. The van der Waals surface area contributed by atoms with Crippen molar-refractivity contribution < 1.29 is 23.5 Å². The van der Waals surface area contributed by atoms with Crippen molar-refractivity contribution in [2.24, 2.45) is 0 Å². The average Bonchev–Trinajstić information content (AvgIpc) is 3.09. The molecule has 2 rings (SSSR count). The van der Waals surface area contributed by atoms with E-state index in [-0.39, 0.29) is 12.3 Å². The highest BCUT2D eigenvalue weighted by atomic mass is 32.1. The zero-order chi connectivity index (χ0) is 20.6. The minimum atomic E-state index is -0.621. The van der Waals surface area contributed by atoms with Crippen molar-refractivity contribution in [3.05, 3.63) is 11.8 Å². The van der Waals surface area contributed by atoms with Gasteiger partial charge in [-0.3, -0.25) is 4.48 Å². The van der Waals surface area contributed by atoms with Gasteiger partial charge >= 0.3 is 6.16 Å². The van der Waals surface area contributed by atoms with Gasteiger partial charge in [-0.15, -0.1) is 4.37 Å². The first-order valence-electron chi connectivity index (χ1n) is 10.2. The van der Waals surface area contributed by atoms with Gasteiger partial charge in [-0.2, -0.15) is 4.37 Å². The smallest absolute Gasteiger partial charge is 0.475 e. The van der Waals surface area contributed by atoms with Crippen LogP contribution in [-0.4, -0.2) is 58.5 Å². The molecule has 0 spiro atoms. The van der Waals surface area contributed by atoms with Gasteiger partial charge in [-0.25, -0.2) is 4.79 Å². The van der Waals surface area contributed by atoms with Gasteiger partial charge in [0.25, 0.3) is 5.88 Å². The van der Waals surface area contributed by atoms with Gasteiger partial charge in [-0.1, -0.05) is 32.3 Å². The van der Waals surface area contributed by atoms with E-state index in [1.54, 1.807) is 0 Å². The molecule has 0 radical (unpaired) electrons. The van der Waals surface area contributed by atoms with Crippen LogP contribution >= 0.6 is 11.7 Å². The number of rotatable bonds is 10. The summed E-state index contributed by atoms with van der Waals surface area (Å²) in [5.74, 6) is 0.619. The Morgan fingerprint density at radius 3 is 2.71 bits per heavy atom. The molecule has 1 aromatic rings. The fourth-order valence-electron chi connectivity index (χ4n) is 3.20. The van der Waals surface area contributed by atoms with Crippen molar-refractivity contribution in [3.8, 4) is 5.88 Å². The standard InChI is InChI=1S/C20H34N3O4S/c1-6-7-8-9-13-25-19-18(21-28-22-19)17-11-10-12-23(5,14-17)16(4)27-20(24)26-15(2)3/h11,15-16H,6-10,12-14H2,1-5H3/q+1/t16-,23?/m0/s1. The quantitative estimate of drug-likeness (QED) is 0.317. The Hall–Kier alpha value is -1.67. The summed E-state index contributed by atoms with van der Waals surface area (Å²) in [7, 11) is 2.09. The number of carbonyl (C=O) groups is 1. The lowest BCUT2D eigenvalue weighted by molar-refractivity contribution is -0.944. The lowest BCUT2D eigenvalue weighted by Gasteiger charge is -2.41. The molecule has 158 valence electrons. The SMILES string of the molecule is CCCCCCOc1nsnc1C1=CCC[N+](C)([C@H](C)OC(=O)OC(C)C)C1. The van der Waals surface area contributed by atoms with E-state index in [0.29, 0.717) is 23.5 Å². The van der Waals surface area contributed by atoms with Gasteiger partial charge in [0.2, 0.25) is 6.23 Å². The van der Waals surface area contributed by atoms with E-state index in [9.17, 15) is 4.79 Å². The van der Waals surface area contributed by atoms with Crippen molar-refractivity contribution in [1.82, 2.24) is 8.75 Å². The number of nitrogens with zero attached hydrogens (tertiary/aromatic N) is 3. The van der Waals surface area contributed by atoms with E-state index in [1.807, 2.05) is 20.8 Å². The Morgan fingerprint density at radius 2 is 2.00 bits per heavy atom. The molecule has 0 aliphatic carbocycles. The molecule has 7 nitrogen and oxygen atoms in total. The molecule has 0 bridgehead atoms. The molecule has 0 fully saturated rings. The molecule has 0 aromatic carbocycles. The summed E-state index contributed by atoms with van der Waals surface area (Å²) in [6.45, 7) is 9.97. The second-order valence-electron chi connectivity index (χ2n) is 7.84. The Morgan fingerprint density at radius 1 is 1.21 bits per heavy atom. The molecule has 1 aromatic heterocycles. The molecular weight excluding hydrogens is 378 g/mol. The van der Waals surface area contributed by atoms with E-state index in [2.05, 4.69) is 28.8 Å². The maximum Gasteiger partial charge on any atom is 0.513 e. The normalized spacial score (nSPS) is 20.6. The minimum absolute atomic E-state index is 0.195. The summed E-state index contributed by atoms with van der Waals surface area (Å²) < 4.78 is 25.9. The molecule has 0 saturated heterocycles. The second kappa shape index (κ2) is 10.8. The average molecular weight is 413 g/mol. The molecule has 8 heteroatoms. The van der Waals surface area contributed by atoms with Crippen molar-refractivity contribution in [3.63, 3.8) is 0 Å². The molecule has 1 aliphatic rings. The first-order valence-corrected chi connectivity index (χ1v) is 10.9. The molecule has 0 saturated carbocycles. The van der Waals surface area contributed by atoms with Crippen LogP contribution in [0.4, 0.5) is 4.79 Å². The molecule has 0 N–H and O–H groups in total. The number of aromatic nitrogens is 2. The highest BCUT2D eigenvalue weighted by molar-refractivity contribution is 6.99. The Bertz CT molecular complexity index is 662. The summed E-state index contributed by atoms with van der Waals surface area (Å²) in [5, 5.41) is 0. The van der Waals surface area contributed by atoms with Gasteiger partial charge in [0.1, 0.15) is 12.2 Å². The first kappa shape index (κ1) is 22.6. The van der Waals surface area contributed by atoms with Crippen LogP contribution in [-0.2, 0) is 9.47 Å². The van der Waals surface area contributed by atoms with Gasteiger partial charge in [-0.05, 0) is 20.3 Å². The largest absolute Gasteiger partial charge is 0.513 e. The van der Waals surface area contributed by atoms with E-state index < -0.39 is 6.16 Å². The van der Waals surface area contributed by atoms with Gasteiger partial charge in [0, 0.05) is 18.9 Å². The molecular formula is C20H34N3O4S+. The third-order valence-electron chi connectivity index (χ3n) is 5.04. The zero-order valence-corrected chi connectivity index (χ0v) is 18.6. The molecule has 2 heterocycles. The monoisotopic (exact) mass is 412 g/mol. The maximum absolute atomic E-state index is 11.9. The number of likely N-dealkylation sites (N-methyl/N-ethyl adjacent to an activating group) is 1. The van der Waals surface area contributed by atoms with Crippen molar-refractivity contribution in [2.45, 2.75) is 72.1 Å². The Balaban J connectivity index is 1.98. The maximum atomic E-state index is 11.9. The Labute approximate surface area is 172 Å². The third kappa shape index (κ3) is 6.44. The Kier molecular flexibility index (Phi) is 8.69. The summed E-state index contributed by atoms with van der Waals surface area (Å²) in [4.78, 5) is 11.9. The summed E-state index contributed by atoms with van der Waals surface area (Å²) in [6, 6.07) is 0. The first-order chi connectivity index (χ1) is 13.4. The van der Waals surface area contributed by atoms with Gasteiger partial charge < -0.3 is 14.2 Å².